The van der Waals surface area contributed by atoms with Gasteiger partial charge in [-0.1, -0.05) is 58.1 Å². The van der Waals surface area contributed by atoms with Crippen molar-refractivity contribution in [3.05, 3.63) is 60.3 Å². The number of carbonyl (C=O) groups is 2. The molecule has 1 aliphatic rings. The molecule has 1 fully saturated rings. The molecule has 10 heteroatoms. The lowest BCUT2D eigenvalue weighted by Gasteiger charge is -2.15. The number of rotatable bonds is 6. The fraction of sp³-hybridized carbons (Fsp3) is 0.150. The van der Waals surface area contributed by atoms with Crippen molar-refractivity contribution in [1.82, 2.24) is 4.90 Å². The Balaban J connectivity index is 1.66. The summed E-state index contributed by atoms with van der Waals surface area (Å²) in [4.78, 5) is 27.2. The third-order valence-corrected chi connectivity index (χ3v) is 7.22. The first-order valence-electron chi connectivity index (χ1n) is 8.63. The molecule has 0 bridgehead atoms. The van der Waals surface area contributed by atoms with Crippen molar-refractivity contribution >= 4 is 99.7 Å². The lowest BCUT2D eigenvalue weighted by Crippen LogP contribution is -2.31. The maximum atomic E-state index is 12.8. The minimum Gasteiger partial charge on any atom is -0.496 e. The topological polar surface area (TPSA) is 58.6 Å². The number of thioether (sulfide) groups is 1. The van der Waals surface area contributed by atoms with Crippen LogP contribution in [0.15, 0.2) is 54.7 Å². The number of hydrogen-bond acceptors (Lipinski definition) is 5. The average Bonchev–Trinajstić information content (AvgIpc) is 2.96. The summed E-state index contributed by atoms with van der Waals surface area (Å²) in [7, 11) is 1.58. The number of halogens is 3. The maximum absolute atomic E-state index is 12.8. The largest absolute Gasteiger partial charge is 0.496 e. The molecule has 0 radical (unpaired) electrons. The van der Waals surface area contributed by atoms with Gasteiger partial charge in [-0.2, -0.15) is 0 Å². The molecule has 0 unspecified atom stereocenters. The minimum atomic E-state index is -0.221. The molecule has 3 rings (SSSR count). The van der Waals surface area contributed by atoms with Crippen LogP contribution in [-0.4, -0.2) is 34.7 Å². The smallest absolute Gasteiger partial charge is 0.266 e. The van der Waals surface area contributed by atoms with E-state index < -0.39 is 0 Å². The van der Waals surface area contributed by atoms with Gasteiger partial charge in [-0.3, -0.25) is 14.5 Å². The number of carbonyl (C=O) groups excluding carboxylic acids is 2. The minimum absolute atomic E-state index is 0.114. The Bertz CT molecular complexity index is 1040. The fourth-order valence-corrected chi connectivity index (χ4v) is 6.45. The summed E-state index contributed by atoms with van der Waals surface area (Å²) in [6, 6.07) is 11.1. The summed E-state index contributed by atoms with van der Waals surface area (Å²) < 4.78 is 8.11. The lowest BCUT2D eigenvalue weighted by molar-refractivity contribution is -0.122. The van der Waals surface area contributed by atoms with E-state index in [1.807, 2.05) is 36.4 Å². The number of para-hydroxylation sites is 1. The van der Waals surface area contributed by atoms with Crippen molar-refractivity contribution < 1.29 is 14.3 Å². The number of methoxy groups -OCH3 is 1. The van der Waals surface area contributed by atoms with Crippen LogP contribution in [0, 0.1) is 0 Å². The highest BCUT2D eigenvalue weighted by Crippen LogP contribution is 2.36. The van der Waals surface area contributed by atoms with E-state index in [0.717, 1.165) is 19.0 Å². The summed E-state index contributed by atoms with van der Waals surface area (Å²) >= 11 is 16.8. The molecule has 1 aliphatic heterocycles. The van der Waals surface area contributed by atoms with Gasteiger partial charge in [-0.05, 0) is 56.1 Å². The van der Waals surface area contributed by atoms with Crippen molar-refractivity contribution in [2.75, 3.05) is 19.0 Å². The van der Waals surface area contributed by atoms with Gasteiger partial charge in [0, 0.05) is 31.9 Å². The molecule has 1 heterocycles. The molecule has 2 aromatic rings. The molecule has 0 spiro atoms. The Morgan fingerprint density at radius 1 is 1.23 bits per heavy atom. The molecule has 0 atom stereocenters. The van der Waals surface area contributed by atoms with E-state index in [1.165, 1.54) is 16.7 Å². The SMILES string of the molecule is COc1ccccc1/C=C1\SC(=S)N(CCC(=O)Nc2c(Br)cc(Br)cc2Br)C1=O. The summed E-state index contributed by atoms with van der Waals surface area (Å²) in [5, 5.41) is 2.85. The summed E-state index contributed by atoms with van der Waals surface area (Å²) in [6.07, 6.45) is 1.87. The van der Waals surface area contributed by atoms with Crippen molar-refractivity contribution in [2.24, 2.45) is 0 Å². The van der Waals surface area contributed by atoms with Gasteiger partial charge in [0.1, 0.15) is 10.1 Å². The van der Waals surface area contributed by atoms with Crippen LogP contribution >= 0.6 is 71.8 Å². The van der Waals surface area contributed by atoms with Crippen LogP contribution in [0.5, 0.6) is 5.75 Å². The van der Waals surface area contributed by atoms with Gasteiger partial charge in [0.05, 0.1) is 17.7 Å². The van der Waals surface area contributed by atoms with Gasteiger partial charge in [0.25, 0.3) is 5.91 Å². The van der Waals surface area contributed by atoms with Gasteiger partial charge in [0.15, 0.2) is 0 Å². The quantitative estimate of drug-likeness (QED) is 0.302. The van der Waals surface area contributed by atoms with Crippen LogP contribution in [-0.2, 0) is 9.59 Å². The van der Waals surface area contributed by atoms with Gasteiger partial charge in [-0.15, -0.1) is 0 Å². The van der Waals surface area contributed by atoms with Crippen LogP contribution < -0.4 is 10.1 Å². The molecular formula is C20H15Br3N2O3S2. The van der Waals surface area contributed by atoms with E-state index in [4.69, 9.17) is 17.0 Å². The van der Waals surface area contributed by atoms with Crippen LogP contribution in [0.2, 0.25) is 0 Å². The number of amides is 2. The number of ether oxygens (including phenoxy) is 1. The number of benzene rings is 2. The first-order chi connectivity index (χ1) is 14.3. The van der Waals surface area contributed by atoms with E-state index in [-0.39, 0.29) is 24.8 Å². The van der Waals surface area contributed by atoms with E-state index in [2.05, 4.69) is 53.1 Å². The van der Waals surface area contributed by atoms with Crippen LogP contribution in [0.1, 0.15) is 12.0 Å². The van der Waals surface area contributed by atoms with Crippen LogP contribution in [0.25, 0.3) is 6.08 Å². The van der Waals surface area contributed by atoms with Gasteiger partial charge >= 0.3 is 0 Å². The standard InChI is InChI=1S/C20H15Br3N2O3S2/c1-28-15-5-3-2-4-11(15)8-16-19(27)25(20(29)30-16)7-6-17(26)24-18-13(22)9-12(21)10-14(18)23/h2-5,8-10H,6-7H2,1H3,(H,24,26)/b16-8-. The second kappa shape index (κ2) is 10.4. The predicted molar refractivity (Wildman–Crippen MR) is 136 cm³/mol. The first kappa shape index (κ1) is 23.5. The van der Waals surface area contributed by atoms with E-state index in [0.29, 0.717) is 20.7 Å². The Kier molecular flexibility index (Phi) is 8.14. The molecule has 2 aromatic carbocycles. The highest BCUT2D eigenvalue weighted by molar-refractivity contribution is 9.11. The third-order valence-electron chi connectivity index (χ3n) is 4.13. The Hall–Kier alpha value is -1.20. The molecule has 1 N–H and O–H groups in total. The number of anilines is 1. The summed E-state index contributed by atoms with van der Waals surface area (Å²) in [5.41, 5.74) is 1.42. The highest BCUT2D eigenvalue weighted by Gasteiger charge is 2.32. The lowest BCUT2D eigenvalue weighted by atomic mass is 10.2. The third kappa shape index (κ3) is 5.53. The van der Waals surface area contributed by atoms with Crippen molar-refractivity contribution in [3.8, 4) is 5.75 Å². The van der Waals surface area contributed by atoms with Crippen molar-refractivity contribution in [1.29, 1.82) is 0 Å². The zero-order chi connectivity index (χ0) is 21.8. The molecule has 0 aliphatic carbocycles. The molecule has 1 saturated heterocycles. The monoisotopic (exact) mass is 632 g/mol. The summed E-state index contributed by atoms with van der Waals surface area (Å²) in [5.74, 6) is 0.240. The van der Waals surface area contributed by atoms with Gasteiger partial charge in [0.2, 0.25) is 5.91 Å². The molecule has 156 valence electrons. The molecule has 5 nitrogen and oxygen atoms in total. The number of nitrogens with zero attached hydrogens (tertiary/aromatic N) is 1. The summed E-state index contributed by atoms with van der Waals surface area (Å²) in [6.45, 7) is 0.200. The van der Waals surface area contributed by atoms with Crippen LogP contribution in [0.3, 0.4) is 0 Å². The van der Waals surface area contributed by atoms with Crippen molar-refractivity contribution in [2.45, 2.75) is 6.42 Å². The fourth-order valence-electron chi connectivity index (χ4n) is 2.70. The van der Waals surface area contributed by atoms with E-state index >= 15 is 0 Å². The predicted octanol–water partition coefficient (Wildman–Crippen LogP) is 6.21. The Morgan fingerprint density at radius 2 is 1.90 bits per heavy atom. The second-order valence-corrected chi connectivity index (χ2v) is 10.4. The number of thiocarbonyl (C=S) groups is 1. The zero-order valence-electron chi connectivity index (χ0n) is 15.6. The molecule has 30 heavy (non-hydrogen) atoms. The van der Waals surface area contributed by atoms with Crippen LogP contribution in [0.4, 0.5) is 5.69 Å². The molecule has 0 aromatic heterocycles. The molecule has 2 amide bonds. The Labute approximate surface area is 209 Å². The second-order valence-electron chi connectivity index (χ2n) is 6.12. The number of nitrogens with one attached hydrogen (secondary N) is 1. The highest BCUT2D eigenvalue weighted by atomic mass is 79.9. The van der Waals surface area contributed by atoms with Crippen molar-refractivity contribution in [3.63, 3.8) is 0 Å². The maximum Gasteiger partial charge on any atom is 0.266 e. The zero-order valence-corrected chi connectivity index (χ0v) is 22.0. The van der Waals surface area contributed by atoms with Gasteiger partial charge in [-0.25, -0.2) is 0 Å². The van der Waals surface area contributed by atoms with E-state index in [9.17, 15) is 9.59 Å². The average molecular weight is 635 g/mol. The molecular weight excluding hydrogens is 620 g/mol. The number of hydrogen-bond donors (Lipinski definition) is 1. The van der Waals surface area contributed by atoms with Gasteiger partial charge < -0.3 is 10.1 Å². The molecule has 0 saturated carbocycles. The first-order valence-corrected chi connectivity index (χ1v) is 12.2. The normalized spacial score (nSPS) is 15.1. The Morgan fingerprint density at radius 3 is 2.57 bits per heavy atom. The van der Waals surface area contributed by atoms with E-state index in [1.54, 1.807) is 13.2 Å².